The summed E-state index contributed by atoms with van der Waals surface area (Å²) in [5.74, 6) is -0.596. The van der Waals surface area contributed by atoms with Gasteiger partial charge in [0.05, 0.1) is 29.5 Å². The Balaban J connectivity index is 1.71. The topological polar surface area (TPSA) is 94.6 Å². The number of primary amides is 1. The number of benzene rings is 5. The van der Waals surface area contributed by atoms with Gasteiger partial charge in [0.1, 0.15) is 0 Å². The lowest BCUT2D eigenvalue weighted by Crippen LogP contribution is -2.27. The van der Waals surface area contributed by atoms with Crippen molar-refractivity contribution >= 4 is 60.2 Å². The van der Waals surface area contributed by atoms with Gasteiger partial charge >= 0.3 is 10.3 Å². The third-order valence-corrected chi connectivity index (χ3v) is 8.24. The zero-order chi connectivity index (χ0) is 27.1. The van der Waals surface area contributed by atoms with E-state index in [0.29, 0.717) is 34.3 Å². The Morgan fingerprint density at radius 3 is 2.18 bits per heavy atom. The van der Waals surface area contributed by atoms with Gasteiger partial charge in [0.15, 0.2) is 0 Å². The number of amides is 1. The molecule has 0 fully saturated rings. The molecule has 194 valence electrons. The summed E-state index contributed by atoms with van der Waals surface area (Å²) in [6.45, 7) is 0.513. The van der Waals surface area contributed by atoms with Crippen molar-refractivity contribution in [3.63, 3.8) is 0 Å². The van der Waals surface area contributed by atoms with Crippen molar-refractivity contribution < 1.29 is 17.4 Å². The molecule has 0 aliphatic heterocycles. The minimum absolute atomic E-state index is 0.310. The van der Waals surface area contributed by atoms with E-state index in [9.17, 15) is 13.2 Å². The van der Waals surface area contributed by atoms with Crippen LogP contribution in [0.25, 0.3) is 32.6 Å². The van der Waals surface area contributed by atoms with Gasteiger partial charge in [0, 0.05) is 22.9 Å². The Kier molecular flexibility index (Phi) is 6.06. The number of nitrogens with two attached hydrogens (primary N) is 1. The van der Waals surface area contributed by atoms with Crippen LogP contribution in [0, 0.1) is 0 Å². The Hall–Kier alpha value is -4.66. The number of fused-ring (bicyclic) bond motifs is 4. The van der Waals surface area contributed by atoms with Crippen molar-refractivity contribution in [3.05, 3.63) is 120 Å². The molecule has 0 aliphatic rings. The fourth-order valence-corrected chi connectivity index (χ4v) is 6.16. The van der Waals surface area contributed by atoms with Gasteiger partial charge in [-0.1, -0.05) is 72.8 Å². The second kappa shape index (κ2) is 9.58. The zero-order valence-electron chi connectivity index (χ0n) is 21.1. The molecule has 0 atom stereocenters. The van der Waals surface area contributed by atoms with Crippen molar-refractivity contribution in [2.24, 2.45) is 5.73 Å². The maximum absolute atomic E-state index is 13.5. The van der Waals surface area contributed by atoms with E-state index in [1.165, 1.54) is 4.31 Å². The third kappa shape index (κ3) is 4.20. The first-order chi connectivity index (χ1) is 18.9. The van der Waals surface area contributed by atoms with Crippen LogP contribution in [0.4, 0.5) is 11.4 Å². The summed E-state index contributed by atoms with van der Waals surface area (Å²) >= 11 is 0. The van der Waals surface area contributed by atoms with E-state index in [1.807, 2.05) is 78.9 Å². The molecular formula is C31H25N3O4S. The molecule has 0 bridgehead atoms. The van der Waals surface area contributed by atoms with Crippen molar-refractivity contribution in [1.29, 1.82) is 0 Å². The van der Waals surface area contributed by atoms with Crippen molar-refractivity contribution in [3.8, 4) is 0 Å². The molecule has 6 rings (SSSR count). The Bertz CT molecular complexity index is 1980. The normalized spacial score (nSPS) is 11.8. The SMILES string of the molecule is COS(=O)(=O)N(c1ccc2ccccc2c1)c1cccc2c1c1c(C(N)=O)cccc1n2Cc1ccccc1. The first-order valence-corrected chi connectivity index (χ1v) is 13.7. The number of rotatable bonds is 7. The maximum atomic E-state index is 13.5. The van der Waals surface area contributed by atoms with E-state index in [2.05, 4.69) is 4.57 Å². The smallest absolute Gasteiger partial charge is 0.366 e. The molecule has 8 heteroatoms. The highest BCUT2D eigenvalue weighted by molar-refractivity contribution is 7.88. The summed E-state index contributed by atoms with van der Waals surface area (Å²) in [5.41, 5.74) is 9.50. The quantitative estimate of drug-likeness (QED) is 0.266. The average Bonchev–Trinajstić information content (AvgIpc) is 3.27. The van der Waals surface area contributed by atoms with Crippen LogP contribution < -0.4 is 10.0 Å². The highest BCUT2D eigenvalue weighted by atomic mass is 32.2. The van der Waals surface area contributed by atoms with Crippen LogP contribution >= 0.6 is 0 Å². The van der Waals surface area contributed by atoms with Gasteiger partial charge in [0.25, 0.3) is 0 Å². The summed E-state index contributed by atoms with van der Waals surface area (Å²) in [4.78, 5) is 12.6. The monoisotopic (exact) mass is 535 g/mol. The Labute approximate surface area is 225 Å². The summed E-state index contributed by atoms with van der Waals surface area (Å²) in [5, 5.41) is 3.03. The lowest BCUT2D eigenvalue weighted by molar-refractivity contribution is 0.100. The van der Waals surface area contributed by atoms with E-state index in [0.717, 1.165) is 34.5 Å². The molecule has 1 amide bonds. The summed E-state index contributed by atoms with van der Waals surface area (Å²) in [6, 6.07) is 33.9. The highest BCUT2D eigenvalue weighted by Crippen LogP contribution is 2.42. The standard InChI is InChI=1S/C31H25N3O4S/c1-38-39(36,37)34(24-18-17-22-11-5-6-12-23(22)19-24)28-16-8-15-27-30(28)29-25(31(32)35)13-7-14-26(29)33(27)20-21-9-3-2-4-10-21/h2-19H,20H2,1H3,(H2,32,35). The minimum Gasteiger partial charge on any atom is -0.366 e. The van der Waals surface area contributed by atoms with Gasteiger partial charge in [-0.3, -0.25) is 8.98 Å². The molecular weight excluding hydrogens is 510 g/mol. The molecule has 0 spiro atoms. The number of aromatic nitrogens is 1. The molecule has 0 unspecified atom stereocenters. The lowest BCUT2D eigenvalue weighted by atomic mass is 10.0. The number of anilines is 2. The van der Waals surface area contributed by atoms with Gasteiger partial charge in [0.2, 0.25) is 5.91 Å². The Morgan fingerprint density at radius 1 is 0.795 bits per heavy atom. The van der Waals surface area contributed by atoms with Crippen LogP contribution in [0.3, 0.4) is 0 Å². The Morgan fingerprint density at radius 2 is 1.46 bits per heavy atom. The number of hydrogen-bond donors (Lipinski definition) is 1. The molecule has 6 aromatic rings. The van der Waals surface area contributed by atoms with Crippen LogP contribution in [0.2, 0.25) is 0 Å². The molecule has 0 saturated carbocycles. The summed E-state index contributed by atoms with van der Waals surface area (Å²) < 4.78 is 35.4. The predicted octanol–water partition coefficient (Wildman–Crippen LogP) is 6.12. The number of nitrogens with zero attached hydrogens (tertiary/aromatic N) is 2. The van der Waals surface area contributed by atoms with Gasteiger partial charge in [-0.05, 0) is 52.7 Å². The molecule has 0 saturated heterocycles. The van der Waals surface area contributed by atoms with Gasteiger partial charge in [-0.15, -0.1) is 0 Å². The van der Waals surface area contributed by atoms with E-state index < -0.39 is 16.2 Å². The third-order valence-electron chi connectivity index (χ3n) is 6.96. The van der Waals surface area contributed by atoms with Crippen LogP contribution in [0.5, 0.6) is 0 Å². The second-order valence-corrected chi connectivity index (χ2v) is 10.8. The number of carbonyl (C=O) groups excluding carboxylic acids is 1. The van der Waals surface area contributed by atoms with Crippen molar-refractivity contribution in [1.82, 2.24) is 4.57 Å². The van der Waals surface area contributed by atoms with Crippen LogP contribution in [0.15, 0.2) is 109 Å². The van der Waals surface area contributed by atoms with E-state index in [-0.39, 0.29) is 0 Å². The maximum Gasteiger partial charge on any atom is 0.366 e. The first kappa shape index (κ1) is 24.7. The lowest BCUT2D eigenvalue weighted by Gasteiger charge is -2.24. The summed E-state index contributed by atoms with van der Waals surface area (Å²) in [6.07, 6.45) is 0. The van der Waals surface area contributed by atoms with Gasteiger partial charge in [-0.25, -0.2) is 4.31 Å². The second-order valence-electron chi connectivity index (χ2n) is 9.23. The molecule has 0 aliphatic carbocycles. The van der Waals surface area contributed by atoms with Crippen molar-refractivity contribution in [2.45, 2.75) is 6.54 Å². The first-order valence-electron chi connectivity index (χ1n) is 12.4. The fraction of sp³-hybridized carbons (Fsp3) is 0.0645. The van der Waals surface area contributed by atoms with E-state index in [1.54, 1.807) is 30.3 Å². The molecule has 1 heterocycles. The molecule has 0 radical (unpaired) electrons. The highest BCUT2D eigenvalue weighted by Gasteiger charge is 2.29. The molecule has 1 aromatic heterocycles. The van der Waals surface area contributed by atoms with Gasteiger partial charge in [-0.2, -0.15) is 8.42 Å². The van der Waals surface area contributed by atoms with Crippen LogP contribution in [0.1, 0.15) is 15.9 Å². The number of hydrogen-bond acceptors (Lipinski definition) is 4. The molecule has 7 nitrogen and oxygen atoms in total. The largest absolute Gasteiger partial charge is 0.366 e. The van der Waals surface area contributed by atoms with E-state index in [4.69, 9.17) is 9.92 Å². The predicted molar refractivity (Wildman–Crippen MR) is 156 cm³/mol. The molecule has 2 N–H and O–H groups in total. The average molecular weight is 536 g/mol. The molecule has 39 heavy (non-hydrogen) atoms. The fourth-order valence-electron chi connectivity index (χ4n) is 5.24. The van der Waals surface area contributed by atoms with Crippen molar-refractivity contribution in [2.75, 3.05) is 11.4 Å². The van der Waals surface area contributed by atoms with Crippen LogP contribution in [-0.4, -0.2) is 26.0 Å². The minimum atomic E-state index is -4.27. The van der Waals surface area contributed by atoms with E-state index >= 15 is 0 Å². The number of carbonyl (C=O) groups is 1. The zero-order valence-corrected chi connectivity index (χ0v) is 21.9. The molecule has 5 aromatic carbocycles. The van der Waals surface area contributed by atoms with Crippen LogP contribution in [-0.2, 0) is 21.0 Å². The van der Waals surface area contributed by atoms with Gasteiger partial charge < -0.3 is 10.3 Å². The summed E-state index contributed by atoms with van der Waals surface area (Å²) in [7, 11) is -3.13.